The molecule has 0 atom stereocenters. The minimum absolute atomic E-state index is 0.336. The van der Waals surface area contributed by atoms with Crippen LogP contribution in [-0.2, 0) is 9.59 Å². The Bertz CT molecular complexity index is 380. The Morgan fingerprint density at radius 1 is 1.00 bits per heavy atom. The number of hydrogen-bond donors (Lipinski definition) is 0. The van der Waals surface area contributed by atoms with Gasteiger partial charge in [-0.2, -0.15) is 5.26 Å². The van der Waals surface area contributed by atoms with Gasteiger partial charge in [0.25, 0.3) is 11.8 Å². The van der Waals surface area contributed by atoms with Crippen LogP contribution in [0.15, 0.2) is 12.2 Å². The third-order valence-corrected chi connectivity index (χ3v) is 3.63. The first-order valence-electron chi connectivity index (χ1n) is 6.17. The maximum absolute atomic E-state index is 11.7. The van der Waals surface area contributed by atoms with Crippen molar-refractivity contribution in [3.05, 3.63) is 12.2 Å². The highest BCUT2D eigenvalue weighted by Crippen LogP contribution is 2.33. The van der Waals surface area contributed by atoms with E-state index in [0.717, 1.165) is 30.6 Å². The Morgan fingerprint density at radius 2 is 1.47 bits per heavy atom. The van der Waals surface area contributed by atoms with Gasteiger partial charge in [0.1, 0.15) is 5.54 Å². The summed E-state index contributed by atoms with van der Waals surface area (Å²) < 4.78 is 0. The number of carbonyl (C=O) groups is 2. The summed E-state index contributed by atoms with van der Waals surface area (Å²) in [5, 5.41) is 9.43. The van der Waals surface area contributed by atoms with E-state index >= 15 is 0 Å². The summed E-state index contributed by atoms with van der Waals surface area (Å²) in [7, 11) is 0. The Hall–Kier alpha value is -1.63. The van der Waals surface area contributed by atoms with Crippen LogP contribution in [0.25, 0.3) is 0 Å². The maximum Gasteiger partial charge on any atom is 0.254 e. The summed E-state index contributed by atoms with van der Waals surface area (Å²) in [6.07, 6.45) is 8.91. The second-order valence-corrected chi connectivity index (χ2v) is 4.76. The molecule has 2 amide bonds. The number of nitriles is 1. The van der Waals surface area contributed by atoms with Crippen LogP contribution in [0, 0.1) is 11.3 Å². The van der Waals surface area contributed by atoms with Crippen LogP contribution >= 0.6 is 0 Å². The van der Waals surface area contributed by atoms with Gasteiger partial charge in [-0.3, -0.25) is 14.5 Å². The lowest BCUT2D eigenvalue weighted by Gasteiger charge is -2.35. The quantitative estimate of drug-likeness (QED) is 0.649. The smallest absolute Gasteiger partial charge is 0.254 e. The van der Waals surface area contributed by atoms with Crippen LogP contribution in [0.3, 0.4) is 0 Å². The van der Waals surface area contributed by atoms with Crippen molar-refractivity contribution in [1.82, 2.24) is 4.90 Å². The highest BCUT2D eigenvalue weighted by molar-refractivity contribution is 6.13. The zero-order valence-corrected chi connectivity index (χ0v) is 9.82. The minimum Gasteiger partial charge on any atom is -0.269 e. The number of imide groups is 1. The molecule has 1 heterocycles. The molecule has 1 saturated carbocycles. The highest BCUT2D eigenvalue weighted by atomic mass is 16.2. The predicted molar refractivity (Wildman–Crippen MR) is 61.7 cm³/mol. The lowest BCUT2D eigenvalue weighted by atomic mass is 9.83. The first-order valence-corrected chi connectivity index (χ1v) is 6.17. The first-order chi connectivity index (χ1) is 8.19. The summed E-state index contributed by atoms with van der Waals surface area (Å²) in [5.74, 6) is -0.672. The fourth-order valence-electron chi connectivity index (χ4n) is 2.70. The van der Waals surface area contributed by atoms with Crippen molar-refractivity contribution in [1.29, 1.82) is 5.26 Å². The van der Waals surface area contributed by atoms with Gasteiger partial charge in [0, 0.05) is 12.2 Å². The standard InChI is InChI=1S/C13H16N2O2/c14-10-13(8-4-2-1-3-5-9-13)15-11(16)6-7-12(15)17/h6-7H,1-5,8-9H2. The Balaban J connectivity index is 2.26. The van der Waals surface area contributed by atoms with Crippen molar-refractivity contribution in [2.24, 2.45) is 0 Å². The van der Waals surface area contributed by atoms with Gasteiger partial charge in [0.2, 0.25) is 0 Å². The third kappa shape index (κ3) is 2.10. The fourth-order valence-corrected chi connectivity index (χ4v) is 2.70. The number of carbonyl (C=O) groups excluding carboxylic acids is 2. The molecule has 90 valence electrons. The molecule has 0 bridgehead atoms. The second-order valence-electron chi connectivity index (χ2n) is 4.76. The molecule has 0 saturated heterocycles. The summed E-state index contributed by atoms with van der Waals surface area (Å²) in [5.41, 5.74) is -0.905. The van der Waals surface area contributed by atoms with Gasteiger partial charge in [0.15, 0.2) is 0 Å². The normalized spacial score (nSPS) is 24.3. The molecule has 2 rings (SSSR count). The molecular weight excluding hydrogens is 216 g/mol. The zero-order chi connectivity index (χ0) is 12.3. The van der Waals surface area contributed by atoms with E-state index in [1.54, 1.807) is 0 Å². The van der Waals surface area contributed by atoms with E-state index in [1.807, 2.05) is 0 Å². The molecule has 4 nitrogen and oxygen atoms in total. The largest absolute Gasteiger partial charge is 0.269 e. The molecule has 0 aromatic rings. The molecule has 2 aliphatic rings. The van der Waals surface area contributed by atoms with Crippen LogP contribution in [0.5, 0.6) is 0 Å². The zero-order valence-electron chi connectivity index (χ0n) is 9.82. The summed E-state index contributed by atoms with van der Waals surface area (Å²) in [6.45, 7) is 0. The van der Waals surface area contributed by atoms with Crippen LogP contribution in [-0.4, -0.2) is 22.3 Å². The van der Waals surface area contributed by atoms with E-state index in [9.17, 15) is 14.9 Å². The van der Waals surface area contributed by atoms with E-state index in [0.29, 0.717) is 12.8 Å². The van der Waals surface area contributed by atoms with Crippen LogP contribution in [0.1, 0.15) is 44.9 Å². The number of rotatable bonds is 1. The molecule has 1 aliphatic carbocycles. The summed E-state index contributed by atoms with van der Waals surface area (Å²) in [4.78, 5) is 24.6. The molecule has 17 heavy (non-hydrogen) atoms. The van der Waals surface area contributed by atoms with E-state index in [1.165, 1.54) is 18.6 Å². The van der Waals surface area contributed by atoms with Crippen molar-refractivity contribution < 1.29 is 9.59 Å². The van der Waals surface area contributed by atoms with Crippen molar-refractivity contribution in [2.75, 3.05) is 0 Å². The summed E-state index contributed by atoms with van der Waals surface area (Å²) in [6, 6.07) is 2.23. The molecular formula is C13H16N2O2. The Labute approximate surface area is 101 Å². The Kier molecular flexibility index (Phi) is 3.28. The molecule has 0 aromatic carbocycles. The van der Waals surface area contributed by atoms with Crippen molar-refractivity contribution in [2.45, 2.75) is 50.5 Å². The number of nitrogens with zero attached hydrogens (tertiary/aromatic N) is 2. The lowest BCUT2D eigenvalue weighted by Crippen LogP contribution is -2.51. The van der Waals surface area contributed by atoms with Gasteiger partial charge in [-0.05, 0) is 12.8 Å². The van der Waals surface area contributed by atoms with Crippen LogP contribution in [0.4, 0.5) is 0 Å². The maximum atomic E-state index is 11.7. The Morgan fingerprint density at radius 3 is 1.94 bits per heavy atom. The molecule has 0 radical (unpaired) electrons. The molecule has 4 heteroatoms. The van der Waals surface area contributed by atoms with E-state index in [2.05, 4.69) is 6.07 Å². The number of hydrogen-bond acceptors (Lipinski definition) is 3. The lowest BCUT2D eigenvalue weighted by molar-refractivity contribution is -0.142. The average Bonchev–Trinajstić information content (AvgIpc) is 2.61. The average molecular weight is 232 g/mol. The molecule has 0 N–H and O–H groups in total. The molecule has 1 fully saturated rings. The van der Waals surface area contributed by atoms with Gasteiger partial charge in [-0.1, -0.05) is 32.1 Å². The van der Waals surface area contributed by atoms with Gasteiger partial charge in [0.05, 0.1) is 6.07 Å². The van der Waals surface area contributed by atoms with E-state index in [-0.39, 0.29) is 11.8 Å². The molecule has 0 spiro atoms. The van der Waals surface area contributed by atoms with Gasteiger partial charge in [-0.15, -0.1) is 0 Å². The molecule has 0 unspecified atom stereocenters. The van der Waals surface area contributed by atoms with Gasteiger partial charge in [-0.25, -0.2) is 0 Å². The monoisotopic (exact) mass is 232 g/mol. The highest BCUT2D eigenvalue weighted by Gasteiger charge is 2.44. The molecule has 0 aromatic heterocycles. The SMILES string of the molecule is N#CC1(N2C(=O)C=CC2=O)CCCCCCC1. The first kappa shape index (κ1) is 11.8. The number of amides is 2. The van der Waals surface area contributed by atoms with Crippen molar-refractivity contribution >= 4 is 11.8 Å². The van der Waals surface area contributed by atoms with Gasteiger partial charge >= 0.3 is 0 Å². The third-order valence-electron chi connectivity index (χ3n) is 3.63. The fraction of sp³-hybridized carbons (Fsp3) is 0.615. The predicted octanol–water partition coefficient (Wildman–Crippen LogP) is 1.92. The second kappa shape index (κ2) is 4.70. The van der Waals surface area contributed by atoms with E-state index in [4.69, 9.17) is 0 Å². The molecule has 1 aliphatic heterocycles. The van der Waals surface area contributed by atoms with Crippen molar-refractivity contribution in [3.63, 3.8) is 0 Å². The van der Waals surface area contributed by atoms with Crippen LogP contribution in [0.2, 0.25) is 0 Å². The topological polar surface area (TPSA) is 61.2 Å². The van der Waals surface area contributed by atoms with Crippen molar-refractivity contribution in [3.8, 4) is 6.07 Å². The van der Waals surface area contributed by atoms with Gasteiger partial charge < -0.3 is 0 Å². The van der Waals surface area contributed by atoms with E-state index < -0.39 is 5.54 Å². The summed E-state index contributed by atoms with van der Waals surface area (Å²) >= 11 is 0. The van der Waals surface area contributed by atoms with Crippen LogP contribution < -0.4 is 0 Å². The minimum atomic E-state index is -0.905.